The molecular weight excluding hydrogens is 246 g/mol. The molecule has 1 unspecified atom stereocenters. The fourth-order valence-corrected chi connectivity index (χ4v) is 2.58. The second-order valence-electron chi connectivity index (χ2n) is 5.22. The molecule has 3 heteroatoms. The molecule has 2 aromatic rings. The van der Waals surface area contributed by atoms with Crippen LogP contribution in [0.5, 0.6) is 0 Å². The molecule has 0 bridgehead atoms. The number of hydrogen-bond acceptors (Lipinski definition) is 2. The van der Waals surface area contributed by atoms with E-state index >= 15 is 0 Å². The normalized spacial score (nSPS) is 12.6. The summed E-state index contributed by atoms with van der Waals surface area (Å²) in [4.78, 5) is 4.47. The van der Waals surface area contributed by atoms with E-state index in [9.17, 15) is 0 Å². The Kier molecular flexibility index (Phi) is 5.36. The van der Waals surface area contributed by atoms with Gasteiger partial charge >= 0.3 is 0 Å². The van der Waals surface area contributed by atoms with Crippen LogP contribution in [-0.4, -0.2) is 16.1 Å². The summed E-state index contributed by atoms with van der Waals surface area (Å²) in [5.74, 6) is 1.13. The smallest absolute Gasteiger partial charge is 0.110 e. The Morgan fingerprint density at radius 2 is 2.05 bits per heavy atom. The molecule has 0 saturated carbocycles. The van der Waals surface area contributed by atoms with Gasteiger partial charge in [0.2, 0.25) is 0 Å². The van der Waals surface area contributed by atoms with E-state index < -0.39 is 0 Å². The fourth-order valence-electron chi connectivity index (χ4n) is 2.58. The van der Waals surface area contributed by atoms with Crippen molar-refractivity contribution in [1.82, 2.24) is 14.9 Å². The van der Waals surface area contributed by atoms with Crippen LogP contribution in [0.4, 0.5) is 0 Å². The molecule has 0 spiro atoms. The van der Waals surface area contributed by atoms with Crippen molar-refractivity contribution in [2.45, 2.75) is 39.2 Å². The zero-order chi connectivity index (χ0) is 14.4. The SMILES string of the molecule is CCCNC(Cc1nccn1C)c1ccccc1CC. The van der Waals surface area contributed by atoms with Crippen LogP contribution in [0.1, 0.15) is 43.3 Å². The third kappa shape index (κ3) is 3.48. The molecule has 1 heterocycles. The van der Waals surface area contributed by atoms with Crippen molar-refractivity contribution in [2.75, 3.05) is 6.54 Å². The first-order chi connectivity index (χ1) is 9.76. The number of rotatable bonds is 7. The molecule has 1 N–H and O–H groups in total. The van der Waals surface area contributed by atoms with E-state index in [0.717, 1.165) is 31.6 Å². The van der Waals surface area contributed by atoms with Crippen LogP contribution in [0.2, 0.25) is 0 Å². The van der Waals surface area contributed by atoms with Gasteiger partial charge in [-0.05, 0) is 30.5 Å². The Bertz CT molecular complexity index is 531. The van der Waals surface area contributed by atoms with Gasteiger partial charge in [0.1, 0.15) is 5.82 Å². The van der Waals surface area contributed by atoms with Gasteiger partial charge < -0.3 is 9.88 Å². The number of aryl methyl sites for hydroxylation is 2. The highest BCUT2D eigenvalue weighted by molar-refractivity contribution is 5.30. The minimum atomic E-state index is 0.340. The number of aromatic nitrogens is 2. The highest BCUT2D eigenvalue weighted by atomic mass is 15.0. The van der Waals surface area contributed by atoms with E-state index in [1.807, 2.05) is 12.4 Å². The van der Waals surface area contributed by atoms with Crippen molar-refractivity contribution < 1.29 is 0 Å². The molecule has 1 atom stereocenters. The average molecular weight is 271 g/mol. The van der Waals surface area contributed by atoms with Crippen molar-refractivity contribution in [2.24, 2.45) is 7.05 Å². The molecule has 2 rings (SSSR count). The Balaban J connectivity index is 2.24. The average Bonchev–Trinajstić information content (AvgIpc) is 2.88. The van der Waals surface area contributed by atoms with E-state index in [1.165, 1.54) is 11.1 Å². The summed E-state index contributed by atoms with van der Waals surface area (Å²) in [5.41, 5.74) is 2.83. The Hall–Kier alpha value is -1.61. The van der Waals surface area contributed by atoms with Crippen LogP contribution in [0.3, 0.4) is 0 Å². The standard InChI is InChI=1S/C17H25N3/c1-4-10-18-16(13-17-19-11-12-20(17)3)15-9-7-6-8-14(15)5-2/h6-9,11-12,16,18H,4-5,10,13H2,1-3H3. The van der Waals surface area contributed by atoms with Crippen LogP contribution in [0.25, 0.3) is 0 Å². The first-order valence-corrected chi connectivity index (χ1v) is 7.53. The van der Waals surface area contributed by atoms with Gasteiger partial charge in [-0.3, -0.25) is 0 Å². The Morgan fingerprint density at radius 3 is 2.70 bits per heavy atom. The monoisotopic (exact) mass is 271 g/mol. The van der Waals surface area contributed by atoms with Crippen molar-refractivity contribution in [3.05, 3.63) is 53.6 Å². The summed E-state index contributed by atoms with van der Waals surface area (Å²) in [5, 5.41) is 3.67. The van der Waals surface area contributed by atoms with Crippen molar-refractivity contribution >= 4 is 0 Å². The number of nitrogens with zero attached hydrogens (tertiary/aromatic N) is 2. The molecule has 0 aliphatic heterocycles. The first kappa shape index (κ1) is 14.8. The molecule has 0 fully saturated rings. The van der Waals surface area contributed by atoms with Crippen LogP contribution < -0.4 is 5.32 Å². The van der Waals surface area contributed by atoms with Crippen LogP contribution in [0.15, 0.2) is 36.7 Å². The molecule has 0 aliphatic carbocycles. The second-order valence-corrected chi connectivity index (χ2v) is 5.22. The third-order valence-corrected chi connectivity index (χ3v) is 3.76. The predicted octanol–water partition coefficient (Wildman–Crippen LogP) is 3.27. The molecule has 108 valence electrons. The third-order valence-electron chi connectivity index (χ3n) is 3.76. The van der Waals surface area contributed by atoms with Gasteiger partial charge in [-0.2, -0.15) is 0 Å². The molecule has 1 aromatic carbocycles. The van der Waals surface area contributed by atoms with Crippen LogP contribution in [0, 0.1) is 0 Å². The summed E-state index contributed by atoms with van der Waals surface area (Å²) < 4.78 is 2.11. The summed E-state index contributed by atoms with van der Waals surface area (Å²) in [6, 6.07) is 9.07. The topological polar surface area (TPSA) is 29.9 Å². The largest absolute Gasteiger partial charge is 0.338 e. The Morgan fingerprint density at radius 1 is 1.25 bits per heavy atom. The van der Waals surface area contributed by atoms with Crippen LogP contribution >= 0.6 is 0 Å². The fraction of sp³-hybridized carbons (Fsp3) is 0.471. The maximum Gasteiger partial charge on any atom is 0.110 e. The van der Waals surface area contributed by atoms with Gasteiger partial charge in [-0.1, -0.05) is 38.1 Å². The zero-order valence-electron chi connectivity index (χ0n) is 12.8. The summed E-state index contributed by atoms with van der Waals surface area (Å²) in [7, 11) is 2.06. The van der Waals surface area contributed by atoms with Gasteiger partial charge in [-0.15, -0.1) is 0 Å². The van der Waals surface area contributed by atoms with E-state index in [2.05, 4.69) is 60.0 Å². The molecule has 1 aromatic heterocycles. The molecular formula is C17H25N3. The van der Waals surface area contributed by atoms with E-state index in [4.69, 9.17) is 0 Å². The van der Waals surface area contributed by atoms with Crippen LogP contribution in [-0.2, 0) is 19.9 Å². The maximum absolute atomic E-state index is 4.47. The number of benzene rings is 1. The molecule has 20 heavy (non-hydrogen) atoms. The van der Waals surface area contributed by atoms with E-state index in [0.29, 0.717) is 6.04 Å². The molecule has 0 radical (unpaired) electrons. The quantitative estimate of drug-likeness (QED) is 0.837. The number of imidazole rings is 1. The summed E-state index contributed by atoms with van der Waals surface area (Å²) in [6.45, 7) is 5.46. The lowest BCUT2D eigenvalue weighted by atomic mass is 9.96. The van der Waals surface area contributed by atoms with E-state index in [-0.39, 0.29) is 0 Å². The maximum atomic E-state index is 4.47. The van der Waals surface area contributed by atoms with Gasteiger partial charge in [0, 0.05) is 31.9 Å². The molecule has 0 saturated heterocycles. The van der Waals surface area contributed by atoms with Crippen molar-refractivity contribution in [3.8, 4) is 0 Å². The second kappa shape index (κ2) is 7.25. The highest BCUT2D eigenvalue weighted by Gasteiger charge is 2.16. The predicted molar refractivity (Wildman–Crippen MR) is 83.8 cm³/mol. The van der Waals surface area contributed by atoms with E-state index in [1.54, 1.807) is 0 Å². The zero-order valence-corrected chi connectivity index (χ0v) is 12.8. The lowest BCUT2D eigenvalue weighted by Crippen LogP contribution is -2.26. The van der Waals surface area contributed by atoms with Crippen molar-refractivity contribution in [1.29, 1.82) is 0 Å². The number of nitrogens with one attached hydrogen (secondary N) is 1. The molecule has 0 aliphatic rings. The minimum Gasteiger partial charge on any atom is -0.338 e. The van der Waals surface area contributed by atoms with Gasteiger partial charge in [0.05, 0.1) is 0 Å². The van der Waals surface area contributed by atoms with Gasteiger partial charge in [0.15, 0.2) is 0 Å². The molecule has 0 amide bonds. The van der Waals surface area contributed by atoms with Crippen molar-refractivity contribution in [3.63, 3.8) is 0 Å². The minimum absolute atomic E-state index is 0.340. The Labute approximate surface area is 122 Å². The lowest BCUT2D eigenvalue weighted by Gasteiger charge is -2.21. The lowest BCUT2D eigenvalue weighted by molar-refractivity contribution is 0.509. The summed E-state index contributed by atoms with van der Waals surface area (Å²) in [6.07, 6.45) is 7.03. The number of hydrogen-bond donors (Lipinski definition) is 1. The van der Waals surface area contributed by atoms with Gasteiger partial charge in [0.25, 0.3) is 0 Å². The summed E-state index contributed by atoms with van der Waals surface area (Å²) >= 11 is 0. The highest BCUT2D eigenvalue weighted by Crippen LogP contribution is 2.22. The van der Waals surface area contributed by atoms with Gasteiger partial charge in [-0.25, -0.2) is 4.98 Å². The first-order valence-electron chi connectivity index (χ1n) is 7.53. The molecule has 3 nitrogen and oxygen atoms in total.